The van der Waals surface area contributed by atoms with E-state index in [0.29, 0.717) is 0 Å². The van der Waals surface area contributed by atoms with Crippen molar-refractivity contribution in [2.75, 3.05) is 30.5 Å². The van der Waals surface area contributed by atoms with Crippen molar-refractivity contribution in [3.05, 3.63) is 82.9 Å². The van der Waals surface area contributed by atoms with E-state index in [9.17, 15) is 41.5 Å². The van der Waals surface area contributed by atoms with E-state index < -0.39 is 68.7 Å². The van der Waals surface area contributed by atoms with Gasteiger partial charge in [-0.25, -0.2) is 17.2 Å². The van der Waals surface area contributed by atoms with Crippen LogP contribution in [-0.4, -0.2) is 62.0 Å². The first kappa shape index (κ1) is 32.9. The standard InChI is InChI=1S/C30H30F2N4O8S/c1-15(37)34-17-6-9-25(45(3,42)43)21(14-17)27-19(30(40)41)10-11-36(27)29(39)26(16-4-7-23(32)24(12-16)44-2)35-18-5-8-22(31)20(13-18)28(33)38/h4-9,12-14,19,26-27,35H,10-11H2,1-3H3,(H2,33,38)(H,34,37)(H,40,41)/t19-,26+,27+/m0/s1. The molecule has 5 N–H and O–H groups in total. The summed E-state index contributed by atoms with van der Waals surface area (Å²) >= 11 is 0. The smallest absolute Gasteiger partial charge is 0.309 e. The molecule has 45 heavy (non-hydrogen) atoms. The number of aliphatic carboxylic acids is 1. The fraction of sp³-hybridized carbons (Fsp3) is 0.267. The molecule has 15 heteroatoms. The number of carbonyl (C=O) groups is 4. The second kappa shape index (κ2) is 12.9. The molecule has 0 saturated carbocycles. The summed E-state index contributed by atoms with van der Waals surface area (Å²) in [6, 6.07) is 8.01. The normalized spacial score (nSPS) is 17.0. The van der Waals surface area contributed by atoms with E-state index in [-0.39, 0.29) is 46.1 Å². The van der Waals surface area contributed by atoms with Gasteiger partial charge in [0.05, 0.1) is 29.5 Å². The van der Waals surface area contributed by atoms with Gasteiger partial charge in [0.1, 0.15) is 11.9 Å². The Kier molecular flexibility index (Phi) is 9.42. The van der Waals surface area contributed by atoms with Gasteiger partial charge in [0.2, 0.25) is 11.8 Å². The average Bonchev–Trinajstić information content (AvgIpc) is 3.41. The number of carbonyl (C=O) groups excluding carboxylic acids is 3. The van der Waals surface area contributed by atoms with Crippen LogP contribution in [0.4, 0.5) is 20.2 Å². The van der Waals surface area contributed by atoms with Gasteiger partial charge < -0.3 is 31.1 Å². The third-order valence-corrected chi connectivity index (χ3v) is 8.52. The van der Waals surface area contributed by atoms with Crippen molar-refractivity contribution in [2.24, 2.45) is 11.7 Å². The van der Waals surface area contributed by atoms with Crippen molar-refractivity contribution >= 4 is 44.9 Å². The zero-order valence-electron chi connectivity index (χ0n) is 24.3. The number of likely N-dealkylation sites (tertiary alicyclic amines) is 1. The Morgan fingerprint density at radius 3 is 2.29 bits per heavy atom. The number of hydrogen-bond donors (Lipinski definition) is 4. The highest BCUT2D eigenvalue weighted by Gasteiger charge is 2.46. The maximum absolute atomic E-state index is 14.4. The van der Waals surface area contributed by atoms with Crippen LogP contribution in [0, 0.1) is 17.6 Å². The number of ether oxygens (including phenoxy) is 1. The first-order valence-electron chi connectivity index (χ1n) is 13.5. The fourth-order valence-electron chi connectivity index (χ4n) is 5.36. The van der Waals surface area contributed by atoms with Crippen LogP contribution in [0.2, 0.25) is 0 Å². The summed E-state index contributed by atoms with van der Waals surface area (Å²) in [6.45, 7) is 1.11. The van der Waals surface area contributed by atoms with E-state index >= 15 is 0 Å². The lowest BCUT2D eigenvalue weighted by atomic mass is 9.92. The Labute approximate surface area is 257 Å². The molecule has 0 aliphatic carbocycles. The monoisotopic (exact) mass is 644 g/mol. The lowest BCUT2D eigenvalue weighted by Gasteiger charge is -2.32. The number of primary amides is 1. The summed E-state index contributed by atoms with van der Waals surface area (Å²) in [5.41, 5.74) is 5.18. The largest absolute Gasteiger partial charge is 0.494 e. The summed E-state index contributed by atoms with van der Waals surface area (Å²) < 4.78 is 59.4. The molecule has 0 aromatic heterocycles. The molecule has 0 unspecified atom stereocenters. The van der Waals surface area contributed by atoms with E-state index in [1.54, 1.807) is 0 Å². The summed E-state index contributed by atoms with van der Waals surface area (Å²) in [7, 11) is -2.75. The molecule has 0 spiro atoms. The molecule has 0 radical (unpaired) electrons. The van der Waals surface area contributed by atoms with Crippen LogP contribution in [0.1, 0.15) is 46.9 Å². The molecule has 1 fully saturated rings. The van der Waals surface area contributed by atoms with Crippen LogP contribution in [0.25, 0.3) is 0 Å². The van der Waals surface area contributed by atoms with Gasteiger partial charge in [-0.05, 0) is 66.1 Å². The van der Waals surface area contributed by atoms with Crippen LogP contribution < -0.4 is 21.1 Å². The van der Waals surface area contributed by atoms with Gasteiger partial charge in [-0.1, -0.05) is 6.07 Å². The minimum Gasteiger partial charge on any atom is -0.494 e. The topological polar surface area (TPSA) is 185 Å². The van der Waals surface area contributed by atoms with E-state index in [1.165, 1.54) is 55.3 Å². The number of carboxylic acids is 1. The van der Waals surface area contributed by atoms with Crippen LogP contribution in [0.3, 0.4) is 0 Å². The number of hydrogen-bond acceptors (Lipinski definition) is 8. The average molecular weight is 645 g/mol. The molecular weight excluding hydrogens is 614 g/mol. The number of nitrogens with one attached hydrogen (secondary N) is 2. The number of sulfone groups is 1. The molecule has 0 bridgehead atoms. The first-order valence-corrected chi connectivity index (χ1v) is 15.4. The Bertz CT molecular complexity index is 1800. The van der Waals surface area contributed by atoms with E-state index in [0.717, 1.165) is 24.5 Å². The third-order valence-electron chi connectivity index (χ3n) is 7.34. The summed E-state index contributed by atoms with van der Waals surface area (Å²) in [4.78, 5) is 51.4. The summed E-state index contributed by atoms with van der Waals surface area (Å²) in [5, 5.41) is 15.6. The maximum atomic E-state index is 14.4. The molecule has 4 rings (SSSR count). The Balaban J connectivity index is 1.89. The number of amides is 3. The quantitative estimate of drug-likeness (QED) is 0.257. The molecule has 1 aliphatic rings. The number of methoxy groups -OCH3 is 1. The van der Waals surface area contributed by atoms with Gasteiger partial charge in [0.25, 0.3) is 5.91 Å². The molecule has 3 atom stereocenters. The number of nitrogens with two attached hydrogens (primary N) is 1. The van der Waals surface area contributed by atoms with Crippen molar-refractivity contribution in [1.29, 1.82) is 0 Å². The highest BCUT2D eigenvalue weighted by molar-refractivity contribution is 7.90. The van der Waals surface area contributed by atoms with Crippen molar-refractivity contribution in [3.8, 4) is 5.75 Å². The van der Waals surface area contributed by atoms with E-state index in [1.807, 2.05) is 0 Å². The number of benzene rings is 3. The van der Waals surface area contributed by atoms with E-state index in [4.69, 9.17) is 10.5 Å². The predicted molar refractivity (Wildman–Crippen MR) is 158 cm³/mol. The van der Waals surface area contributed by atoms with Crippen molar-refractivity contribution in [1.82, 2.24) is 4.90 Å². The Morgan fingerprint density at radius 1 is 1.02 bits per heavy atom. The highest BCUT2D eigenvalue weighted by atomic mass is 32.2. The molecule has 3 aromatic rings. The summed E-state index contributed by atoms with van der Waals surface area (Å²) in [6.07, 6.45) is 0.877. The molecule has 238 valence electrons. The second-order valence-corrected chi connectivity index (χ2v) is 12.4. The molecule has 3 amide bonds. The second-order valence-electron chi connectivity index (χ2n) is 10.4. The van der Waals surface area contributed by atoms with Crippen molar-refractivity contribution < 1.29 is 46.2 Å². The van der Waals surface area contributed by atoms with Crippen molar-refractivity contribution in [3.63, 3.8) is 0 Å². The number of carboxylic acid groups (broad SMARTS) is 1. The van der Waals surface area contributed by atoms with Crippen LogP contribution in [0.15, 0.2) is 59.5 Å². The van der Waals surface area contributed by atoms with Crippen LogP contribution in [0.5, 0.6) is 5.75 Å². The van der Waals surface area contributed by atoms with Crippen LogP contribution >= 0.6 is 0 Å². The van der Waals surface area contributed by atoms with Gasteiger partial charge in [-0.2, -0.15) is 0 Å². The Hall–Kier alpha value is -5.05. The number of rotatable bonds is 10. The number of anilines is 2. The van der Waals surface area contributed by atoms with Gasteiger partial charge >= 0.3 is 5.97 Å². The van der Waals surface area contributed by atoms with Gasteiger partial charge in [-0.3, -0.25) is 19.2 Å². The lowest BCUT2D eigenvalue weighted by Crippen LogP contribution is -2.40. The van der Waals surface area contributed by atoms with Crippen LogP contribution in [-0.2, 0) is 24.2 Å². The molecule has 12 nitrogen and oxygen atoms in total. The first-order chi connectivity index (χ1) is 21.1. The molecular formula is C30H30F2N4O8S. The molecule has 1 saturated heterocycles. The highest BCUT2D eigenvalue weighted by Crippen LogP contribution is 2.43. The number of nitrogens with zero attached hydrogens (tertiary/aromatic N) is 1. The lowest BCUT2D eigenvalue weighted by molar-refractivity contribution is -0.143. The van der Waals surface area contributed by atoms with Crippen molar-refractivity contribution in [2.45, 2.75) is 30.3 Å². The molecule has 1 heterocycles. The SMILES string of the molecule is COc1cc([C@@H](Nc2ccc(F)c(C(N)=O)c2)C(=O)N2CC[C@H](C(=O)O)[C@@H]2c2cc(NC(C)=O)ccc2S(C)(=O)=O)ccc1F. The third kappa shape index (κ3) is 7.03. The van der Waals surface area contributed by atoms with Gasteiger partial charge in [0.15, 0.2) is 21.4 Å². The maximum Gasteiger partial charge on any atom is 0.309 e. The predicted octanol–water partition coefficient (Wildman–Crippen LogP) is 3.26. The zero-order chi connectivity index (χ0) is 33.2. The molecule has 1 aliphatic heterocycles. The van der Waals surface area contributed by atoms with Gasteiger partial charge in [-0.15, -0.1) is 0 Å². The fourth-order valence-corrected chi connectivity index (χ4v) is 6.28. The molecule has 3 aromatic carbocycles. The van der Waals surface area contributed by atoms with E-state index in [2.05, 4.69) is 10.6 Å². The minimum absolute atomic E-state index is 0.0322. The Morgan fingerprint density at radius 2 is 1.69 bits per heavy atom. The minimum atomic E-state index is -3.96. The van der Waals surface area contributed by atoms with Gasteiger partial charge in [0, 0.05) is 31.1 Å². The number of halogens is 2. The summed E-state index contributed by atoms with van der Waals surface area (Å²) in [5.74, 6) is -6.70. The zero-order valence-corrected chi connectivity index (χ0v) is 25.2.